The summed E-state index contributed by atoms with van der Waals surface area (Å²) < 4.78 is 102. The number of alkyl halides is 3. The number of ether oxygens (including phenoxy) is 1. The number of piperazine rings is 1. The van der Waals surface area contributed by atoms with Crippen molar-refractivity contribution in [1.29, 1.82) is 0 Å². The van der Waals surface area contributed by atoms with E-state index in [0.29, 0.717) is 83.0 Å². The van der Waals surface area contributed by atoms with Crippen molar-refractivity contribution in [3.8, 4) is 0 Å². The zero-order valence-corrected chi connectivity index (χ0v) is 38.8. The van der Waals surface area contributed by atoms with E-state index in [9.17, 15) is 54.0 Å². The maximum Gasteiger partial charge on any atom is 0.501 e. The van der Waals surface area contributed by atoms with Gasteiger partial charge >= 0.3 is 5.51 Å². The number of sulfonamides is 1. The van der Waals surface area contributed by atoms with Crippen molar-refractivity contribution in [2.45, 2.75) is 51.5 Å². The predicted octanol–water partition coefficient (Wildman–Crippen LogP) is 4.21. The van der Waals surface area contributed by atoms with E-state index in [1.54, 1.807) is 22.9 Å². The van der Waals surface area contributed by atoms with Gasteiger partial charge in [0.2, 0.25) is 11.8 Å². The highest BCUT2D eigenvalue weighted by atomic mass is 32.2. The van der Waals surface area contributed by atoms with Crippen LogP contribution in [0.4, 0.5) is 24.5 Å². The summed E-state index contributed by atoms with van der Waals surface area (Å²) in [5.41, 5.74) is -5.30. The number of carbonyl (C=O) groups is 5. The van der Waals surface area contributed by atoms with Crippen molar-refractivity contribution in [3.05, 3.63) is 114 Å². The SMILES string of the molecule is O=C1CC[C@@H](N2C(=O)c3ccc(NCCOCCN4CCN(CC[C@H](CSc5ccccc5)Nc5ccc(S(=O)(=O)NC(=O)c6ccccc6)cc5S(=O)(=O)C(F)(F)F)CC4)cc3C2=O)C(=O)N1. The first-order valence-electron chi connectivity index (χ1n) is 21.6. The van der Waals surface area contributed by atoms with Gasteiger partial charge in [-0.1, -0.05) is 36.4 Å². The van der Waals surface area contributed by atoms with Gasteiger partial charge < -0.3 is 20.3 Å². The van der Waals surface area contributed by atoms with Crippen molar-refractivity contribution in [2.24, 2.45) is 0 Å². The number of nitrogens with one attached hydrogen (secondary N) is 4. The number of piperidine rings is 1. The second kappa shape index (κ2) is 21.6. The Hall–Kier alpha value is -5.85. The maximum atomic E-state index is 14.1. The molecule has 5 amide bonds. The monoisotopic (exact) mass is 999 g/mol. The van der Waals surface area contributed by atoms with Gasteiger partial charge in [0.15, 0.2) is 0 Å². The Morgan fingerprint density at radius 2 is 1.47 bits per heavy atom. The van der Waals surface area contributed by atoms with Gasteiger partial charge in [0.1, 0.15) is 10.9 Å². The van der Waals surface area contributed by atoms with E-state index in [0.717, 1.165) is 21.9 Å². The fourth-order valence-corrected chi connectivity index (χ4v) is 10.8. The highest BCUT2D eigenvalue weighted by Crippen LogP contribution is 2.37. The topological polar surface area (TPSA) is 221 Å². The number of rotatable bonds is 20. The third kappa shape index (κ3) is 12.1. The molecule has 3 aliphatic rings. The van der Waals surface area contributed by atoms with Gasteiger partial charge in [0.05, 0.1) is 34.9 Å². The van der Waals surface area contributed by atoms with E-state index in [1.807, 2.05) is 30.3 Å². The first-order chi connectivity index (χ1) is 32.4. The molecule has 362 valence electrons. The molecule has 0 radical (unpaired) electrons. The summed E-state index contributed by atoms with van der Waals surface area (Å²) in [6, 6.07) is 21.9. The van der Waals surface area contributed by atoms with Crippen LogP contribution in [0.3, 0.4) is 0 Å². The molecule has 0 aliphatic carbocycles. The summed E-state index contributed by atoms with van der Waals surface area (Å²) in [5, 5.41) is 8.34. The van der Waals surface area contributed by atoms with E-state index in [4.69, 9.17) is 4.74 Å². The normalized spacial score (nSPS) is 17.7. The van der Waals surface area contributed by atoms with Crippen LogP contribution in [0, 0.1) is 0 Å². The van der Waals surface area contributed by atoms with Gasteiger partial charge in [-0.25, -0.2) is 21.6 Å². The number of sulfone groups is 1. The van der Waals surface area contributed by atoms with Crippen LogP contribution in [0.5, 0.6) is 0 Å². The molecule has 0 aromatic heterocycles. The Labute approximate surface area is 395 Å². The first-order valence-corrected chi connectivity index (χ1v) is 25.5. The van der Waals surface area contributed by atoms with Gasteiger partial charge in [-0.3, -0.25) is 39.1 Å². The fraction of sp³-hybridized carbons (Fsp3) is 0.356. The van der Waals surface area contributed by atoms with Crippen LogP contribution >= 0.6 is 11.8 Å². The highest BCUT2D eigenvalue weighted by molar-refractivity contribution is 7.99. The third-order valence-electron chi connectivity index (χ3n) is 11.5. The molecule has 7 rings (SSSR count). The van der Waals surface area contributed by atoms with Gasteiger partial charge in [-0.2, -0.15) is 13.2 Å². The lowest BCUT2D eigenvalue weighted by molar-refractivity contribution is -0.136. The molecule has 4 N–H and O–H groups in total. The Bertz CT molecular complexity index is 2740. The lowest BCUT2D eigenvalue weighted by atomic mass is 10.0. The predicted molar refractivity (Wildman–Crippen MR) is 245 cm³/mol. The van der Waals surface area contributed by atoms with Crippen molar-refractivity contribution >= 4 is 72.5 Å². The largest absolute Gasteiger partial charge is 0.501 e. The van der Waals surface area contributed by atoms with Crippen molar-refractivity contribution in [2.75, 3.05) is 75.4 Å². The number of nitrogens with zero attached hydrogens (tertiary/aromatic N) is 3. The Morgan fingerprint density at radius 3 is 2.15 bits per heavy atom. The van der Waals surface area contributed by atoms with E-state index in [1.165, 1.54) is 42.1 Å². The van der Waals surface area contributed by atoms with Gasteiger partial charge in [-0.15, -0.1) is 11.8 Å². The molecule has 3 aliphatic heterocycles. The number of carbonyl (C=O) groups excluding carboxylic acids is 5. The van der Waals surface area contributed by atoms with Gasteiger partial charge in [-0.05, 0) is 73.5 Å². The molecule has 0 saturated carbocycles. The molecule has 23 heteroatoms. The first kappa shape index (κ1) is 50.0. The minimum absolute atomic E-state index is 0.0291. The fourth-order valence-electron chi connectivity index (χ4n) is 7.82. The number of hydrogen-bond acceptors (Lipinski definition) is 15. The summed E-state index contributed by atoms with van der Waals surface area (Å²) in [5.74, 6) is -3.04. The van der Waals surface area contributed by atoms with Crippen molar-refractivity contribution in [1.82, 2.24) is 24.7 Å². The van der Waals surface area contributed by atoms with Crippen LogP contribution < -0.4 is 20.7 Å². The molecule has 68 heavy (non-hydrogen) atoms. The second-order valence-electron chi connectivity index (χ2n) is 16.1. The number of imide groups is 2. The van der Waals surface area contributed by atoms with Gasteiger partial charge in [0.25, 0.3) is 37.6 Å². The molecule has 0 unspecified atom stereocenters. The number of halogens is 3. The van der Waals surface area contributed by atoms with Crippen molar-refractivity contribution in [3.63, 3.8) is 0 Å². The molecule has 4 aromatic carbocycles. The molecule has 2 fully saturated rings. The Balaban J connectivity index is 0.904. The molecule has 2 saturated heterocycles. The van der Waals surface area contributed by atoms with Crippen molar-refractivity contribution < 1.29 is 58.7 Å². The van der Waals surface area contributed by atoms with E-state index in [-0.39, 0.29) is 29.5 Å². The zero-order chi connectivity index (χ0) is 48.6. The minimum Gasteiger partial charge on any atom is -0.383 e. The van der Waals surface area contributed by atoms with Crippen LogP contribution in [-0.2, 0) is 34.2 Å². The van der Waals surface area contributed by atoms with E-state index < -0.39 is 82.5 Å². The number of hydrogen-bond donors (Lipinski definition) is 4. The standard InChI is InChI=1S/C45H48F3N7O10S3/c46-45(47,48)67(61,62)39-28-34(68(63,64)52-41(57)30-7-3-1-4-8-30)12-14-37(39)50-32(29-66-33-9-5-2-6-10-33)17-19-53-20-22-54(23-21-53)24-26-65-25-18-49-31-11-13-35-36(27-31)44(60)55(43(35)59)38-15-16-40(56)51-42(38)58/h1-14,27-28,32,38,49-50H,15-26,29H2,(H,52,57)(H,51,56,58)/t32-,38-/m1/s1. The summed E-state index contributed by atoms with van der Waals surface area (Å²) in [7, 11) is -10.9. The lowest BCUT2D eigenvalue weighted by Gasteiger charge is -2.35. The number of benzene rings is 4. The smallest absolute Gasteiger partial charge is 0.383 e. The number of thioether (sulfide) groups is 1. The highest BCUT2D eigenvalue weighted by Gasteiger charge is 2.49. The molecule has 2 atom stereocenters. The summed E-state index contributed by atoms with van der Waals surface area (Å²) >= 11 is 1.42. The van der Waals surface area contributed by atoms with Crippen LogP contribution in [0.25, 0.3) is 0 Å². The number of fused-ring (bicyclic) bond motifs is 1. The molecule has 0 bridgehead atoms. The molecule has 4 aromatic rings. The molecular weight excluding hydrogens is 952 g/mol. The average Bonchev–Trinajstić information content (AvgIpc) is 3.56. The van der Waals surface area contributed by atoms with Crippen LogP contribution in [0.1, 0.15) is 50.3 Å². The van der Waals surface area contributed by atoms with Crippen LogP contribution in [-0.4, -0.2) is 143 Å². The van der Waals surface area contributed by atoms with E-state index >= 15 is 0 Å². The zero-order valence-electron chi connectivity index (χ0n) is 36.4. The molecule has 0 spiro atoms. The maximum absolute atomic E-state index is 14.1. The summed E-state index contributed by atoms with van der Waals surface area (Å²) in [6.45, 7) is 5.12. The van der Waals surface area contributed by atoms with E-state index in [2.05, 4.69) is 25.8 Å². The Morgan fingerprint density at radius 1 is 0.809 bits per heavy atom. The van der Waals surface area contributed by atoms with Gasteiger partial charge in [0, 0.05) is 80.2 Å². The quantitative estimate of drug-likeness (QED) is 0.0554. The number of amides is 5. The minimum atomic E-state index is -6.08. The van der Waals surface area contributed by atoms with Crippen LogP contribution in [0.15, 0.2) is 112 Å². The van der Waals surface area contributed by atoms with Crippen LogP contribution in [0.2, 0.25) is 0 Å². The Kier molecular flexibility index (Phi) is 15.9. The molecular formula is C45H48F3N7O10S3. The molecule has 3 heterocycles. The summed E-state index contributed by atoms with van der Waals surface area (Å²) in [6.07, 6.45) is 0.486. The average molecular weight is 1000 g/mol. The lowest BCUT2D eigenvalue weighted by Crippen LogP contribution is -2.54. The molecule has 17 nitrogen and oxygen atoms in total. The number of anilines is 2. The second-order valence-corrected chi connectivity index (χ2v) is 20.8. The summed E-state index contributed by atoms with van der Waals surface area (Å²) in [4.78, 5) is 66.8. The third-order valence-corrected chi connectivity index (χ3v) is 15.5.